The Morgan fingerprint density at radius 2 is 1.85 bits per heavy atom. The zero-order chi connectivity index (χ0) is 14.7. The molecule has 1 aromatic heterocycles. The van der Waals surface area contributed by atoms with E-state index in [1.54, 1.807) is 30.6 Å². The zero-order valence-corrected chi connectivity index (χ0v) is 11.9. The first kappa shape index (κ1) is 14.6. The van der Waals surface area contributed by atoms with Crippen molar-refractivity contribution < 1.29 is 9.90 Å². The van der Waals surface area contributed by atoms with Gasteiger partial charge in [0.05, 0.1) is 10.0 Å². The van der Waals surface area contributed by atoms with Crippen molar-refractivity contribution in [2.45, 2.75) is 12.3 Å². The molecule has 2 rings (SSSR count). The summed E-state index contributed by atoms with van der Waals surface area (Å²) in [7, 11) is 0. The highest BCUT2D eigenvalue weighted by Gasteiger charge is 2.21. The fourth-order valence-corrected chi connectivity index (χ4v) is 2.37. The molecule has 2 aromatic rings. The topological polar surface area (TPSA) is 76.2 Å². The summed E-state index contributed by atoms with van der Waals surface area (Å²) in [5.74, 6) is -0.898. The number of pyridine rings is 1. The number of hydrogen-bond acceptors (Lipinski definition) is 3. The third-order valence-corrected chi connectivity index (χ3v) is 3.68. The zero-order valence-electron chi connectivity index (χ0n) is 10.4. The van der Waals surface area contributed by atoms with Gasteiger partial charge in [0.2, 0.25) is 5.91 Å². The van der Waals surface area contributed by atoms with Crippen LogP contribution in [-0.4, -0.2) is 16.0 Å². The quantitative estimate of drug-likeness (QED) is 0.911. The number of hydrogen-bond donors (Lipinski definition) is 2. The van der Waals surface area contributed by atoms with Crippen LogP contribution in [0.25, 0.3) is 0 Å². The van der Waals surface area contributed by atoms with Gasteiger partial charge < -0.3 is 10.8 Å². The molecule has 0 aliphatic carbocycles. The number of carbonyl (C=O) groups excluding carboxylic acids is 1. The lowest BCUT2D eigenvalue weighted by Crippen LogP contribution is -2.16. The number of phenolic OH excluding ortho intramolecular Hbond substituents is 1. The Morgan fingerprint density at radius 1 is 1.25 bits per heavy atom. The van der Waals surface area contributed by atoms with Gasteiger partial charge in [0.1, 0.15) is 5.75 Å². The molecule has 1 aromatic carbocycles. The molecule has 1 amide bonds. The number of aromatic nitrogens is 1. The molecule has 0 bridgehead atoms. The van der Waals surface area contributed by atoms with Crippen LogP contribution in [0.4, 0.5) is 0 Å². The van der Waals surface area contributed by atoms with Gasteiger partial charge in [-0.1, -0.05) is 23.2 Å². The summed E-state index contributed by atoms with van der Waals surface area (Å²) >= 11 is 11.8. The fraction of sp³-hybridized carbons (Fsp3) is 0.143. The van der Waals surface area contributed by atoms with Crippen LogP contribution in [0.5, 0.6) is 5.75 Å². The largest absolute Gasteiger partial charge is 0.508 e. The van der Waals surface area contributed by atoms with Crippen molar-refractivity contribution in [3.05, 3.63) is 57.8 Å². The van der Waals surface area contributed by atoms with Crippen molar-refractivity contribution in [2.24, 2.45) is 5.73 Å². The molecule has 4 nitrogen and oxygen atoms in total. The fourth-order valence-electron chi connectivity index (χ4n) is 2.04. The maximum absolute atomic E-state index is 11.3. The van der Waals surface area contributed by atoms with E-state index in [-0.39, 0.29) is 17.2 Å². The molecule has 20 heavy (non-hydrogen) atoms. The van der Waals surface area contributed by atoms with E-state index in [2.05, 4.69) is 4.98 Å². The summed E-state index contributed by atoms with van der Waals surface area (Å²) in [4.78, 5) is 15.2. The van der Waals surface area contributed by atoms with Crippen LogP contribution >= 0.6 is 23.2 Å². The van der Waals surface area contributed by atoms with E-state index in [4.69, 9.17) is 28.9 Å². The number of benzene rings is 1. The lowest BCUT2D eigenvalue weighted by atomic mass is 9.88. The molecule has 3 N–H and O–H groups in total. The van der Waals surface area contributed by atoms with E-state index in [9.17, 15) is 9.90 Å². The maximum Gasteiger partial charge on any atom is 0.218 e. The van der Waals surface area contributed by atoms with Crippen molar-refractivity contribution in [3.8, 4) is 5.75 Å². The summed E-state index contributed by atoms with van der Waals surface area (Å²) in [5.41, 5.74) is 6.61. The number of rotatable bonds is 4. The minimum absolute atomic E-state index is 0.0255. The molecule has 0 spiro atoms. The summed E-state index contributed by atoms with van der Waals surface area (Å²) in [6, 6.07) is 6.42. The Bertz CT molecular complexity index is 633. The predicted octanol–water partition coefficient (Wildman–Crippen LogP) is 3.10. The average Bonchev–Trinajstić information content (AvgIpc) is 2.41. The van der Waals surface area contributed by atoms with E-state index in [0.717, 1.165) is 5.56 Å². The van der Waals surface area contributed by atoms with E-state index in [0.29, 0.717) is 10.6 Å². The minimum Gasteiger partial charge on any atom is -0.508 e. The van der Waals surface area contributed by atoms with Gasteiger partial charge in [-0.15, -0.1) is 0 Å². The molecule has 0 fully saturated rings. The van der Waals surface area contributed by atoms with Crippen LogP contribution in [-0.2, 0) is 4.79 Å². The van der Waals surface area contributed by atoms with Crippen molar-refractivity contribution in [1.29, 1.82) is 0 Å². The SMILES string of the molecule is NC(=O)CC(c1ccncc1)c1cc(Cl)c(Cl)cc1O. The number of amides is 1. The van der Waals surface area contributed by atoms with Gasteiger partial charge in [0.25, 0.3) is 0 Å². The summed E-state index contributed by atoms with van der Waals surface area (Å²) < 4.78 is 0. The molecule has 1 heterocycles. The summed E-state index contributed by atoms with van der Waals surface area (Å²) in [6.45, 7) is 0. The Labute approximate surface area is 126 Å². The molecule has 1 atom stereocenters. The van der Waals surface area contributed by atoms with E-state index >= 15 is 0 Å². The van der Waals surface area contributed by atoms with Gasteiger partial charge in [-0.05, 0) is 23.8 Å². The first-order chi connectivity index (χ1) is 9.49. The molecular formula is C14H12Cl2N2O2. The Hall–Kier alpha value is -1.78. The van der Waals surface area contributed by atoms with Gasteiger partial charge in [0, 0.05) is 36.4 Å². The second-order valence-corrected chi connectivity index (χ2v) is 5.14. The Kier molecular flexibility index (Phi) is 4.47. The lowest BCUT2D eigenvalue weighted by molar-refractivity contribution is -0.118. The summed E-state index contributed by atoms with van der Waals surface area (Å²) in [5, 5.41) is 10.6. The Balaban J connectivity index is 2.52. The number of phenols is 1. The number of primary amides is 1. The van der Waals surface area contributed by atoms with Crippen LogP contribution in [0.3, 0.4) is 0 Å². The first-order valence-electron chi connectivity index (χ1n) is 5.85. The van der Waals surface area contributed by atoms with Crippen LogP contribution < -0.4 is 5.73 Å². The highest BCUT2D eigenvalue weighted by atomic mass is 35.5. The molecule has 1 unspecified atom stereocenters. The third-order valence-electron chi connectivity index (χ3n) is 2.96. The second kappa shape index (κ2) is 6.11. The molecule has 0 aliphatic rings. The van der Waals surface area contributed by atoms with Crippen molar-refractivity contribution in [1.82, 2.24) is 4.98 Å². The third kappa shape index (κ3) is 3.21. The molecule has 6 heteroatoms. The molecular weight excluding hydrogens is 299 g/mol. The first-order valence-corrected chi connectivity index (χ1v) is 6.60. The smallest absolute Gasteiger partial charge is 0.218 e. The summed E-state index contributed by atoms with van der Waals surface area (Å²) in [6.07, 6.45) is 3.27. The second-order valence-electron chi connectivity index (χ2n) is 4.33. The standard InChI is InChI=1S/C14H12Cl2N2O2/c15-11-5-10(13(19)7-12(11)16)9(6-14(17)20)8-1-3-18-4-2-8/h1-5,7,9,19H,6H2,(H2,17,20). The monoisotopic (exact) mass is 310 g/mol. The molecule has 0 aliphatic heterocycles. The highest BCUT2D eigenvalue weighted by Crippen LogP contribution is 2.38. The van der Waals surface area contributed by atoms with Crippen molar-refractivity contribution >= 4 is 29.1 Å². The lowest BCUT2D eigenvalue weighted by Gasteiger charge is -2.18. The predicted molar refractivity (Wildman–Crippen MR) is 78.0 cm³/mol. The van der Waals surface area contributed by atoms with Crippen molar-refractivity contribution in [3.63, 3.8) is 0 Å². The van der Waals surface area contributed by atoms with Gasteiger partial charge >= 0.3 is 0 Å². The van der Waals surface area contributed by atoms with Crippen molar-refractivity contribution in [2.75, 3.05) is 0 Å². The number of carbonyl (C=O) groups is 1. The normalized spacial score (nSPS) is 12.1. The molecule has 0 saturated carbocycles. The number of nitrogens with zero attached hydrogens (tertiary/aromatic N) is 1. The maximum atomic E-state index is 11.3. The van der Waals surface area contributed by atoms with Gasteiger partial charge in [-0.2, -0.15) is 0 Å². The van der Waals surface area contributed by atoms with Gasteiger partial charge in [-0.25, -0.2) is 0 Å². The number of halogens is 2. The minimum atomic E-state index is -0.475. The van der Waals surface area contributed by atoms with Crippen LogP contribution in [0, 0.1) is 0 Å². The van der Waals surface area contributed by atoms with E-state index < -0.39 is 11.8 Å². The van der Waals surface area contributed by atoms with Gasteiger partial charge in [-0.3, -0.25) is 9.78 Å². The average molecular weight is 311 g/mol. The van der Waals surface area contributed by atoms with E-state index in [1.165, 1.54) is 6.07 Å². The molecule has 0 saturated heterocycles. The number of aromatic hydroxyl groups is 1. The van der Waals surface area contributed by atoms with Crippen LogP contribution in [0.15, 0.2) is 36.7 Å². The van der Waals surface area contributed by atoms with Gasteiger partial charge in [0.15, 0.2) is 0 Å². The number of nitrogens with two attached hydrogens (primary N) is 1. The molecule has 0 radical (unpaired) electrons. The molecule has 104 valence electrons. The van der Waals surface area contributed by atoms with Crippen LogP contribution in [0.1, 0.15) is 23.5 Å². The van der Waals surface area contributed by atoms with Crippen LogP contribution in [0.2, 0.25) is 10.0 Å². The van der Waals surface area contributed by atoms with E-state index in [1.807, 2.05) is 0 Å². The Morgan fingerprint density at radius 3 is 2.45 bits per heavy atom. The highest BCUT2D eigenvalue weighted by molar-refractivity contribution is 6.42.